The van der Waals surface area contributed by atoms with E-state index in [0.29, 0.717) is 0 Å². The Morgan fingerprint density at radius 2 is 2.00 bits per heavy atom. The SMILES string of the molecule is CC1=[N+]2CCCC[C@H]2CCC1. The Labute approximate surface area is 69.1 Å². The van der Waals surface area contributed by atoms with E-state index in [4.69, 9.17) is 0 Å². The molecule has 1 heteroatoms. The first-order valence-corrected chi connectivity index (χ1v) is 4.97. The zero-order valence-electron chi connectivity index (χ0n) is 7.47. The Hall–Kier alpha value is -0.330. The molecule has 0 aromatic rings. The first-order chi connectivity index (χ1) is 5.38. The number of nitrogens with zero attached hydrogens (tertiary/aromatic N) is 1. The van der Waals surface area contributed by atoms with Crippen LogP contribution in [-0.2, 0) is 0 Å². The lowest BCUT2D eigenvalue weighted by molar-refractivity contribution is -0.582. The van der Waals surface area contributed by atoms with Crippen LogP contribution in [0.1, 0.15) is 45.4 Å². The lowest BCUT2D eigenvalue weighted by Crippen LogP contribution is -2.38. The van der Waals surface area contributed by atoms with Crippen molar-refractivity contribution in [2.24, 2.45) is 0 Å². The van der Waals surface area contributed by atoms with E-state index in [9.17, 15) is 0 Å². The van der Waals surface area contributed by atoms with E-state index in [2.05, 4.69) is 11.5 Å². The topological polar surface area (TPSA) is 3.01 Å². The highest BCUT2D eigenvalue weighted by Crippen LogP contribution is 2.22. The molecule has 1 nitrogen and oxygen atoms in total. The van der Waals surface area contributed by atoms with Gasteiger partial charge < -0.3 is 0 Å². The van der Waals surface area contributed by atoms with Crippen molar-refractivity contribution < 1.29 is 4.58 Å². The molecule has 0 amide bonds. The molecule has 0 aliphatic carbocycles. The van der Waals surface area contributed by atoms with Gasteiger partial charge in [0.15, 0.2) is 6.04 Å². The van der Waals surface area contributed by atoms with E-state index in [0.717, 1.165) is 6.04 Å². The number of rotatable bonds is 0. The van der Waals surface area contributed by atoms with Crippen LogP contribution < -0.4 is 0 Å². The molecule has 62 valence electrons. The zero-order chi connectivity index (χ0) is 7.68. The lowest BCUT2D eigenvalue weighted by Gasteiger charge is -2.25. The van der Waals surface area contributed by atoms with Crippen LogP contribution in [0.2, 0.25) is 0 Å². The van der Waals surface area contributed by atoms with Crippen LogP contribution in [0.4, 0.5) is 0 Å². The van der Waals surface area contributed by atoms with Gasteiger partial charge in [-0.05, 0) is 12.8 Å². The third kappa shape index (κ3) is 1.33. The zero-order valence-corrected chi connectivity index (χ0v) is 7.47. The summed E-state index contributed by atoms with van der Waals surface area (Å²) in [5.41, 5.74) is 1.65. The summed E-state index contributed by atoms with van der Waals surface area (Å²) < 4.78 is 2.66. The van der Waals surface area contributed by atoms with Crippen LogP contribution in [0.25, 0.3) is 0 Å². The molecular formula is C10H18N+. The molecule has 0 aromatic heterocycles. The fourth-order valence-corrected chi connectivity index (χ4v) is 2.54. The highest BCUT2D eigenvalue weighted by atomic mass is 15.1. The van der Waals surface area contributed by atoms with Gasteiger partial charge in [0.1, 0.15) is 12.3 Å². The number of fused-ring (bicyclic) bond motifs is 1. The van der Waals surface area contributed by atoms with Crippen LogP contribution in [0, 0.1) is 0 Å². The van der Waals surface area contributed by atoms with Crippen molar-refractivity contribution in [1.82, 2.24) is 0 Å². The van der Waals surface area contributed by atoms with E-state index in [1.807, 2.05) is 0 Å². The average molecular weight is 152 g/mol. The molecule has 0 N–H and O–H groups in total. The third-order valence-electron chi connectivity index (χ3n) is 3.19. The third-order valence-corrected chi connectivity index (χ3v) is 3.19. The van der Waals surface area contributed by atoms with Gasteiger partial charge in [0.05, 0.1) is 0 Å². The van der Waals surface area contributed by atoms with Crippen molar-refractivity contribution in [2.75, 3.05) is 6.54 Å². The largest absolute Gasteiger partial charge is 0.235 e. The van der Waals surface area contributed by atoms with Crippen LogP contribution in [0.5, 0.6) is 0 Å². The fraction of sp³-hybridized carbons (Fsp3) is 0.900. The molecule has 2 aliphatic rings. The second-order valence-corrected chi connectivity index (χ2v) is 3.97. The summed E-state index contributed by atoms with van der Waals surface area (Å²) in [7, 11) is 0. The smallest absolute Gasteiger partial charge is 0.152 e. The van der Waals surface area contributed by atoms with Crippen molar-refractivity contribution in [3.05, 3.63) is 0 Å². The highest BCUT2D eigenvalue weighted by molar-refractivity contribution is 5.77. The van der Waals surface area contributed by atoms with E-state index in [1.165, 1.54) is 45.1 Å². The maximum absolute atomic E-state index is 2.66. The quantitative estimate of drug-likeness (QED) is 0.468. The minimum absolute atomic E-state index is 0.928. The predicted molar refractivity (Wildman–Crippen MR) is 47.3 cm³/mol. The molecular weight excluding hydrogens is 134 g/mol. The molecule has 0 aromatic carbocycles. The van der Waals surface area contributed by atoms with Gasteiger partial charge in [-0.2, -0.15) is 0 Å². The van der Waals surface area contributed by atoms with Gasteiger partial charge in [-0.25, -0.2) is 4.58 Å². The van der Waals surface area contributed by atoms with Gasteiger partial charge in [-0.3, -0.25) is 0 Å². The maximum atomic E-state index is 2.66. The van der Waals surface area contributed by atoms with Gasteiger partial charge in [0.25, 0.3) is 0 Å². The average Bonchev–Trinajstić information content (AvgIpc) is 2.06. The van der Waals surface area contributed by atoms with Gasteiger partial charge in [-0.15, -0.1) is 0 Å². The molecule has 1 saturated heterocycles. The van der Waals surface area contributed by atoms with Crippen LogP contribution in [-0.4, -0.2) is 22.9 Å². The first kappa shape index (κ1) is 7.33. The Bertz CT molecular complexity index is 181. The Morgan fingerprint density at radius 3 is 2.82 bits per heavy atom. The van der Waals surface area contributed by atoms with E-state index in [-0.39, 0.29) is 0 Å². The summed E-state index contributed by atoms with van der Waals surface area (Å²) in [4.78, 5) is 0. The van der Waals surface area contributed by atoms with Gasteiger partial charge in [0.2, 0.25) is 0 Å². The van der Waals surface area contributed by atoms with Gasteiger partial charge in [0, 0.05) is 32.6 Å². The second-order valence-electron chi connectivity index (χ2n) is 3.97. The van der Waals surface area contributed by atoms with Crippen molar-refractivity contribution in [1.29, 1.82) is 0 Å². The number of hydrogen-bond acceptors (Lipinski definition) is 0. The van der Waals surface area contributed by atoms with Crippen molar-refractivity contribution in [3.63, 3.8) is 0 Å². The molecule has 0 spiro atoms. The standard InChI is InChI=1S/C10H18N/c1-9-5-4-7-10-6-2-3-8-11(9)10/h10H,2-8H2,1H3/q+1/t10-/m0/s1. The normalized spacial score (nSPS) is 31.9. The summed E-state index contributed by atoms with van der Waals surface area (Å²) in [5.74, 6) is 0. The maximum Gasteiger partial charge on any atom is 0.152 e. The molecule has 11 heavy (non-hydrogen) atoms. The molecule has 0 saturated carbocycles. The molecule has 1 atom stereocenters. The molecule has 2 rings (SSSR count). The summed E-state index contributed by atoms with van der Waals surface area (Å²) in [6.45, 7) is 3.66. The van der Waals surface area contributed by atoms with Crippen molar-refractivity contribution >= 4 is 5.71 Å². The Morgan fingerprint density at radius 1 is 1.18 bits per heavy atom. The summed E-state index contributed by atoms with van der Waals surface area (Å²) >= 11 is 0. The minimum Gasteiger partial charge on any atom is -0.235 e. The lowest BCUT2D eigenvalue weighted by atomic mass is 9.94. The van der Waals surface area contributed by atoms with Crippen molar-refractivity contribution in [2.45, 2.75) is 51.5 Å². The molecule has 0 radical (unpaired) electrons. The summed E-state index contributed by atoms with van der Waals surface area (Å²) in [6.07, 6.45) is 8.60. The highest BCUT2D eigenvalue weighted by Gasteiger charge is 2.29. The summed E-state index contributed by atoms with van der Waals surface area (Å²) in [5, 5.41) is 0. The fourth-order valence-electron chi connectivity index (χ4n) is 2.54. The molecule has 0 unspecified atom stereocenters. The van der Waals surface area contributed by atoms with Crippen LogP contribution in [0.3, 0.4) is 0 Å². The van der Waals surface area contributed by atoms with E-state index in [1.54, 1.807) is 5.71 Å². The van der Waals surface area contributed by atoms with Gasteiger partial charge >= 0.3 is 0 Å². The molecule has 0 bridgehead atoms. The summed E-state index contributed by atoms with van der Waals surface area (Å²) in [6, 6.07) is 0.928. The predicted octanol–water partition coefficient (Wildman–Crippen LogP) is 2.20. The van der Waals surface area contributed by atoms with E-state index >= 15 is 0 Å². The van der Waals surface area contributed by atoms with Crippen LogP contribution >= 0.6 is 0 Å². The van der Waals surface area contributed by atoms with Crippen molar-refractivity contribution in [3.8, 4) is 0 Å². The number of hydrogen-bond donors (Lipinski definition) is 0. The monoisotopic (exact) mass is 152 g/mol. The van der Waals surface area contributed by atoms with Gasteiger partial charge in [-0.1, -0.05) is 0 Å². The minimum atomic E-state index is 0.928. The number of piperidine rings is 1. The van der Waals surface area contributed by atoms with Crippen LogP contribution in [0.15, 0.2) is 0 Å². The first-order valence-electron chi connectivity index (χ1n) is 4.97. The Balaban J connectivity index is 2.19. The molecule has 1 fully saturated rings. The molecule has 2 heterocycles. The second kappa shape index (κ2) is 2.96. The molecule has 2 aliphatic heterocycles. The Kier molecular flexibility index (Phi) is 1.97. The van der Waals surface area contributed by atoms with E-state index < -0.39 is 0 Å².